The van der Waals surface area contributed by atoms with E-state index in [2.05, 4.69) is 0 Å². The first kappa shape index (κ1) is 26.3. The van der Waals surface area contributed by atoms with Gasteiger partial charge >= 0.3 is 17.9 Å². The number of hydrogen-bond acceptors (Lipinski definition) is 8. The van der Waals surface area contributed by atoms with Crippen molar-refractivity contribution in [2.24, 2.45) is 0 Å². The third-order valence-corrected chi connectivity index (χ3v) is 5.05. The number of aromatic carboxylic acids is 2. The monoisotopic (exact) mass is 486 g/mol. The zero-order valence-corrected chi connectivity index (χ0v) is 17.5. The Morgan fingerprint density at radius 2 is 1.38 bits per heavy atom. The Morgan fingerprint density at radius 3 is 1.84 bits per heavy atom. The fourth-order valence-corrected chi connectivity index (χ4v) is 3.25. The number of nitrogens with zero attached hydrogens (tertiary/aromatic N) is 2. The minimum Gasteiger partial charge on any atom is -0.481 e. The van der Waals surface area contributed by atoms with Crippen molar-refractivity contribution in [1.29, 1.82) is 0 Å². The summed E-state index contributed by atoms with van der Waals surface area (Å²) in [5, 5.41) is 46.8. The molecule has 0 aliphatic carbocycles. The second-order valence-corrected chi connectivity index (χ2v) is 7.36. The number of nitro groups is 2. The van der Waals surface area contributed by atoms with Gasteiger partial charge in [0, 0.05) is 18.6 Å². The van der Waals surface area contributed by atoms with E-state index in [1.54, 1.807) is 0 Å². The Bertz CT molecular complexity index is 1060. The summed E-state index contributed by atoms with van der Waals surface area (Å²) < 4.78 is 0. The quantitative estimate of drug-likeness (QED) is 0.198. The molecule has 0 fully saturated rings. The van der Waals surface area contributed by atoms with Crippen LogP contribution in [0, 0.1) is 20.2 Å². The van der Waals surface area contributed by atoms with Gasteiger partial charge < -0.3 is 15.3 Å². The molecule has 32 heavy (non-hydrogen) atoms. The third kappa shape index (κ3) is 8.20. The number of halogens is 1. The van der Waals surface area contributed by atoms with Gasteiger partial charge in [0.05, 0.1) is 25.9 Å². The van der Waals surface area contributed by atoms with Crippen LogP contribution in [0.3, 0.4) is 0 Å². The zero-order chi connectivity index (χ0) is 24.4. The normalized spacial score (nSPS) is 9.91. The van der Waals surface area contributed by atoms with Crippen molar-refractivity contribution >= 4 is 52.6 Å². The number of thioether (sulfide) groups is 1. The minimum atomic E-state index is -1.23. The second kappa shape index (κ2) is 12.2. The van der Waals surface area contributed by atoms with Gasteiger partial charge in [0.25, 0.3) is 11.4 Å². The highest BCUT2D eigenvalue weighted by Crippen LogP contribution is 2.30. The fourth-order valence-electron chi connectivity index (χ4n) is 2.11. The molecule has 0 aliphatic heterocycles. The topological polar surface area (TPSA) is 198 Å². The lowest BCUT2D eigenvalue weighted by Crippen LogP contribution is -2.00. The lowest BCUT2D eigenvalue weighted by Gasteiger charge is -2.03. The summed E-state index contributed by atoms with van der Waals surface area (Å²) in [7, 11) is 0. The lowest BCUT2D eigenvalue weighted by molar-refractivity contribution is -0.387. The van der Waals surface area contributed by atoms with Crippen molar-refractivity contribution in [3.8, 4) is 0 Å². The first-order valence-electron chi connectivity index (χ1n) is 8.47. The minimum absolute atomic E-state index is 0.00595. The Kier molecular flexibility index (Phi) is 10.1. The molecule has 14 heteroatoms. The third-order valence-electron chi connectivity index (χ3n) is 3.58. The number of carbonyl (C=O) groups is 3. The number of carboxylic acid groups (broad SMARTS) is 3. The molecule has 0 aromatic heterocycles. The summed E-state index contributed by atoms with van der Waals surface area (Å²) in [5.41, 5.74) is -0.987. The highest BCUT2D eigenvalue weighted by atomic mass is 35.5. The molecule has 170 valence electrons. The molecule has 0 saturated heterocycles. The van der Waals surface area contributed by atoms with Crippen LogP contribution in [0.5, 0.6) is 0 Å². The highest BCUT2D eigenvalue weighted by Gasteiger charge is 2.17. The zero-order valence-electron chi connectivity index (χ0n) is 16.0. The first-order chi connectivity index (χ1) is 14.9. The molecular formula is C18H15ClN2O10S. The molecule has 0 spiro atoms. The van der Waals surface area contributed by atoms with Crippen molar-refractivity contribution in [1.82, 2.24) is 0 Å². The molecule has 3 N–H and O–H groups in total. The molecule has 0 radical (unpaired) electrons. The van der Waals surface area contributed by atoms with Crippen molar-refractivity contribution < 1.29 is 39.5 Å². The standard InChI is InChI=1S/C11H11NO6S.C7H4ClNO4/c13-10(14)2-1-5-19-9-4-3-7(11(15)16)6-8(9)12(17)18;8-5-2-1-4(7(10)11)3-6(5)9(12)13/h3-4,6H,1-2,5H2,(H,13,14)(H,15,16);1-3H,(H,10,11). The number of carboxylic acids is 3. The number of aliphatic carboxylic acids is 1. The average molecular weight is 487 g/mol. The van der Waals surface area contributed by atoms with Crippen LogP contribution in [0.15, 0.2) is 41.3 Å². The van der Waals surface area contributed by atoms with Gasteiger partial charge in [-0.2, -0.15) is 0 Å². The molecule has 0 heterocycles. The summed E-state index contributed by atoms with van der Waals surface area (Å²) in [6, 6.07) is 6.97. The van der Waals surface area contributed by atoms with Gasteiger partial charge in [-0.05, 0) is 36.4 Å². The molecule has 0 aliphatic rings. The maximum absolute atomic E-state index is 10.8. The second-order valence-electron chi connectivity index (χ2n) is 5.82. The Morgan fingerprint density at radius 1 is 0.875 bits per heavy atom. The highest BCUT2D eigenvalue weighted by molar-refractivity contribution is 7.99. The van der Waals surface area contributed by atoms with E-state index in [0.29, 0.717) is 17.1 Å². The number of rotatable bonds is 9. The van der Waals surface area contributed by atoms with Crippen LogP contribution in [0.25, 0.3) is 0 Å². The van der Waals surface area contributed by atoms with Gasteiger partial charge in [-0.25, -0.2) is 9.59 Å². The van der Waals surface area contributed by atoms with Crippen LogP contribution >= 0.6 is 23.4 Å². The van der Waals surface area contributed by atoms with Gasteiger partial charge in [0.15, 0.2) is 0 Å². The Labute approximate surface area is 188 Å². The Hall–Kier alpha value is -3.71. The summed E-state index contributed by atoms with van der Waals surface area (Å²) in [5.74, 6) is -2.96. The summed E-state index contributed by atoms with van der Waals surface area (Å²) in [6.45, 7) is 0. The van der Waals surface area contributed by atoms with Gasteiger partial charge in [0.1, 0.15) is 5.02 Å². The maximum Gasteiger partial charge on any atom is 0.335 e. The molecule has 0 amide bonds. The van der Waals surface area contributed by atoms with Gasteiger partial charge in [-0.15, -0.1) is 11.8 Å². The van der Waals surface area contributed by atoms with Crippen molar-refractivity contribution in [3.05, 3.63) is 72.8 Å². The van der Waals surface area contributed by atoms with E-state index in [1.165, 1.54) is 24.3 Å². The van der Waals surface area contributed by atoms with Crippen LogP contribution in [-0.4, -0.2) is 48.8 Å². The van der Waals surface area contributed by atoms with Crippen LogP contribution in [0.4, 0.5) is 11.4 Å². The first-order valence-corrected chi connectivity index (χ1v) is 9.84. The van der Waals surface area contributed by atoms with Crippen LogP contribution in [0.2, 0.25) is 5.02 Å². The van der Waals surface area contributed by atoms with Crippen molar-refractivity contribution in [2.45, 2.75) is 17.7 Å². The molecule has 2 aromatic carbocycles. The molecule has 0 atom stereocenters. The van der Waals surface area contributed by atoms with Gasteiger partial charge in [-0.1, -0.05) is 11.6 Å². The van der Waals surface area contributed by atoms with E-state index in [1.807, 2.05) is 0 Å². The molecule has 0 unspecified atom stereocenters. The van der Waals surface area contributed by atoms with Gasteiger partial charge in [-0.3, -0.25) is 25.0 Å². The average Bonchev–Trinajstić information content (AvgIpc) is 2.71. The molecule has 2 aromatic rings. The van der Waals surface area contributed by atoms with E-state index in [0.717, 1.165) is 23.9 Å². The van der Waals surface area contributed by atoms with E-state index in [9.17, 15) is 34.6 Å². The predicted molar refractivity (Wildman–Crippen MR) is 113 cm³/mol. The molecule has 12 nitrogen and oxygen atoms in total. The number of benzene rings is 2. The smallest absolute Gasteiger partial charge is 0.335 e. The molecule has 2 rings (SSSR count). The summed E-state index contributed by atoms with van der Waals surface area (Å²) >= 11 is 6.60. The predicted octanol–water partition coefficient (Wildman–Crippen LogP) is 4.20. The Balaban J connectivity index is 0.000000343. The fraction of sp³-hybridized carbons (Fsp3) is 0.167. The van der Waals surface area contributed by atoms with Crippen molar-refractivity contribution in [2.75, 3.05) is 5.75 Å². The summed E-state index contributed by atoms with van der Waals surface area (Å²) in [4.78, 5) is 51.6. The van der Waals surface area contributed by atoms with E-state index >= 15 is 0 Å². The molecule has 0 bridgehead atoms. The molecular weight excluding hydrogens is 472 g/mol. The maximum atomic E-state index is 10.8. The van der Waals surface area contributed by atoms with E-state index < -0.39 is 33.4 Å². The SMILES string of the molecule is O=C(O)CCCSc1ccc(C(=O)O)cc1[N+](=O)[O-].O=C(O)c1ccc(Cl)c([N+](=O)[O-])c1. The van der Waals surface area contributed by atoms with Crippen LogP contribution in [-0.2, 0) is 4.79 Å². The van der Waals surface area contributed by atoms with Crippen LogP contribution < -0.4 is 0 Å². The largest absolute Gasteiger partial charge is 0.481 e. The van der Waals surface area contributed by atoms with Crippen LogP contribution in [0.1, 0.15) is 33.6 Å². The summed E-state index contributed by atoms with van der Waals surface area (Å²) in [6.07, 6.45) is 0.381. The van der Waals surface area contributed by atoms with Crippen molar-refractivity contribution in [3.63, 3.8) is 0 Å². The van der Waals surface area contributed by atoms with E-state index in [-0.39, 0.29) is 28.3 Å². The van der Waals surface area contributed by atoms with Gasteiger partial charge in [0.2, 0.25) is 0 Å². The number of hydrogen-bond donors (Lipinski definition) is 3. The lowest BCUT2D eigenvalue weighted by atomic mass is 10.2. The number of nitro benzene ring substituents is 2. The molecule has 0 saturated carbocycles. The van der Waals surface area contributed by atoms with E-state index in [4.69, 9.17) is 26.9 Å².